The van der Waals surface area contributed by atoms with Gasteiger partial charge < -0.3 is 9.64 Å². The Bertz CT molecular complexity index is 830. The largest absolute Gasteiger partial charge is 0.465 e. The number of carbonyl (C=O) groups is 2. The molecule has 0 aromatic heterocycles. The molecule has 0 bridgehead atoms. The van der Waals surface area contributed by atoms with Crippen LogP contribution in [0.4, 0.5) is 0 Å². The maximum atomic E-state index is 12.8. The number of carbonyl (C=O) groups excluding carboxylic acids is 2. The van der Waals surface area contributed by atoms with Crippen molar-refractivity contribution in [3.05, 3.63) is 68.7 Å². The van der Waals surface area contributed by atoms with Gasteiger partial charge >= 0.3 is 5.97 Å². The van der Waals surface area contributed by atoms with Gasteiger partial charge in [-0.15, -0.1) is 0 Å². The van der Waals surface area contributed by atoms with Crippen LogP contribution < -0.4 is 0 Å². The summed E-state index contributed by atoms with van der Waals surface area (Å²) in [6, 6.07) is 10.5. The van der Waals surface area contributed by atoms with Crippen molar-refractivity contribution in [2.45, 2.75) is 25.9 Å². The predicted molar refractivity (Wildman–Crippen MR) is 96.9 cm³/mol. The van der Waals surface area contributed by atoms with Crippen molar-refractivity contribution < 1.29 is 14.3 Å². The van der Waals surface area contributed by atoms with Gasteiger partial charge in [-0.1, -0.05) is 41.4 Å². The summed E-state index contributed by atoms with van der Waals surface area (Å²) in [4.78, 5) is 26.6. The molecule has 2 aromatic carbocycles. The van der Waals surface area contributed by atoms with Crippen LogP contribution in [0.5, 0.6) is 0 Å². The molecule has 1 aliphatic heterocycles. The molecule has 1 amide bonds. The molecule has 1 aliphatic rings. The number of nitrogens with zero attached hydrogens (tertiary/aromatic N) is 1. The summed E-state index contributed by atoms with van der Waals surface area (Å²) >= 11 is 12.4. The van der Waals surface area contributed by atoms with Crippen LogP contribution in [0, 0.1) is 0 Å². The van der Waals surface area contributed by atoms with Gasteiger partial charge in [-0.3, -0.25) is 4.79 Å². The third-order valence-corrected chi connectivity index (χ3v) is 5.28. The SMILES string of the molecule is COC(=O)c1cccc2c1CN(C(=O)Cc1c(Cl)cccc1Cl)[C@@H]2C. The molecule has 25 heavy (non-hydrogen) atoms. The lowest BCUT2D eigenvalue weighted by molar-refractivity contribution is -0.132. The van der Waals surface area contributed by atoms with Crippen molar-refractivity contribution >= 4 is 35.1 Å². The molecular formula is C19H17Cl2NO3. The third-order valence-electron chi connectivity index (χ3n) is 4.57. The minimum absolute atomic E-state index is 0.0884. The topological polar surface area (TPSA) is 46.6 Å². The second-order valence-electron chi connectivity index (χ2n) is 5.94. The van der Waals surface area contributed by atoms with Gasteiger partial charge in [0.05, 0.1) is 25.1 Å². The van der Waals surface area contributed by atoms with Gasteiger partial charge in [0, 0.05) is 16.6 Å². The highest BCUT2D eigenvalue weighted by Gasteiger charge is 2.33. The average Bonchev–Trinajstić information content (AvgIpc) is 2.94. The average molecular weight is 378 g/mol. The van der Waals surface area contributed by atoms with E-state index in [2.05, 4.69) is 0 Å². The van der Waals surface area contributed by atoms with Crippen LogP contribution in [0.2, 0.25) is 10.0 Å². The second kappa shape index (κ2) is 7.06. The van der Waals surface area contributed by atoms with Crippen LogP contribution in [-0.2, 0) is 22.5 Å². The molecule has 0 aliphatic carbocycles. The van der Waals surface area contributed by atoms with E-state index < -0.39 is 5.97 Å². The van der Waals surface area contributed by atoms with Crippen LogP contribution in [0.1, 0.15) is 40.0 Å². The first-order valence-corrected chi connectivity index (χ1v) is 8.62. The van der Waals surface area contributed by atoms with Crippen LogP contribution >= 0.6 is 23.2 Å². The Morgan fingerprint density at radius 3 is 2.44 bits per heavy atom. The summed E-state index contributed by atoms with van der Waals surface area (Å²) < 4.78 is 4.84. The van der Waals surface area contributed by atoms with Crippen molar-refractivity contribution in [2.24, 2.45) is 0 Å². The number of halogens is 2. The lowest BCUT2D eigenvalue weighted by atomic mass is 10.0. The van der Waals surface area contributed by atoms with Gasteiger partial charge in [0.15, 0.2) is 0 Å². The number of esters is 1. The van der Waals surface area contributed by atoms with E-state index in [-0.39, 0.29) is 18.4 Å². The van der Waals surface area contributed by atoms with Crippen molar-refractivity contribution in [3.8, 4) is 0 Å². The molecule has 6 heteroatoms. The smallest absolute Gasteiger partial charge is 0.338 e. The lowest BCUT2D eigenvalue weighted by Crippen LogP contribution is -2.29. The quantitative estimate of drug-likeness (QED) is 0.743. The molecule has 4 nitrogen and oxygen atoms in total. The Morgan fingerprint density at radius 1 is 1.16 bits per heavy atom. The predicted octanol–water partition coefficient (Wildman–Crippen LogP) is 4.43. The summed E-state index contributed by atoms with van der Waals surface area (Å²) in [5.74, 6) is -0.484. The Hall–Kier alpha value is -2.04. The molecule has 130 valence electrons. The van der Waals surface area contributed by atoms with E-state index in [1.165, 1.54) is 7.11 Å². The number of hydrogen-bond acceptors (Lipinski definition) is 3. The molecule has 0 spiro atoms. The summed E-state index contributed by atoms with van der Waals surface area (Å²) in [5.41, 5.74) is 2.91. The van der Waals surface area contributed by atoms with Gasteiger partial charge in [-0.2, -0.15) is 0 Å². The highest BCUT2D eigenvalue weighted by molar-refractivity contribution is 6.36. The third kappa shape index (κ3) is 3.24. The maximum Gasteiger partial charge on any atom is 0.338 e. The van der Waals surface area contributed by atoms with E-state index in [0.717, 1.165) is 11.1 Å². The van der Waals surface area contributed by atoms with Gasteiger partial charge in [-0.25, -0.2) is 4.79 Å². The number of hydrogen-bond donors (Lipinski definition) is 0. The Balaban J connectivity index is 1.88. The fourth-order valence-corrected chi connectivity index (χ4v) is 3.74. The van der Waals surface area contributed by atoms with E-state index in [9.17, 15) is 9.59 Å². The Morgan fingerprint density at radius 2 is 1.80 bits per heavy atom. The van der Waals surface area contributed by atoms with E-state index in [0.29, 0.717) is 27.7 Å². The van der Waals surface area contributed by atoms with Crippen molar-refractivity contribution in [1.82, 2.24) is 4.90 Å². The minimum Gasteiger partial charge on any atom is -0.465 e. The van der Waals surface area contributed by atoms with E-state index >= 15 is 0 Å². The molecule has 0 unspecified atom stereocenters. The monoisotopic (exact) mass is 377 g/mol. The van der Waals surface area contributed by atoms with Crippen LogP contribution in [0.25, 0.3) is 0 Å². The van der Waals surface area contributed by atoms with E-state index in [1.54, 1.807) is 35.2 Å². The molecule has 0 fully saturated rings. The standard InChI is InChI=1S/C19H17Cl2NO3/c1-11-12-5-3-6-13(19(24)25-2)15(12)10-22(11)18(23)9-14-16(20)7-4-8-17(14)21/h3-8,11H,9-10H2,1-2H3/t11-/m1/s1. The highest BCUT2D eigenvalue weighted by Crippen LogP contribution is 2.36. The van der Waals surface area contributed by atoms with Gasteiger partial charge in [0.25, 0.3) is 0 Å². The highest BCUT2D eigenvalue weighted by atomic mass is 35.5. The zero-order valence-electron chi connectivity index (χ0n) is 13.9. The Labute approximate surface area is 156 Å². The molecule has 1 heterocycles. The number of fused-ring (bicyclic) bond motifs is 1. The number of methoxy groups -OCH3 is 1. The van der Waals surface area contributed by atoms with Crippen LogP contribution in [0.3, 0.4) is 0 Å². The minimum atomic E-state index is -0.396. The summed E-state index contributed by atoms with van der Waals surface area (Å²) in [5, 5.41) is 0.945. The fraction of sp³-hybridized carbons (Fsp3) is 0.263. The summed E-state index contributed by atoms with van der Waals surface area (Å²) in [7, 11) is 1.35. The molecule has 1 atom stereocenters. The first-order chi connectivity index (χ1) is 11.9. The van der Waals surface area contributed by atoms with Crippen LogP contribution in [0.15, 0.2) is 36.4 Å². The van der Waals surface area contributed by atoms with Crippen molar-refractivity contribution in [1.29, 1.82) is 0 Å². The first-order valence-electron chi connectivity index (χ1n) is 7.86. The number of amides is 1. The van der Waals surface area contributed by atoms with Gasteiger partial charge in [0.2, 0.25) is 5.91 Å². The number of benzene rings is 2. The zero-order chi connectivity index (χ0) is 18.1. The van der Waals surface area contributed by atoms with Gasteiger partial charge in [0.1, 0.15) is 0 Å². The summed E-state index contributed by atoms with van der Waals surface area (Å²) in [6.45, 7) is 2.31. The van der Waals surface area contributed by atoms with Gasteiger partial charge in [-0.05, 0) is 41.8 Å². The molecule has 0 saturated carbocycles. The van der Waals surface area contributed by atoms with E-state index in [1.807, 2.05) is 13.0 Å². The number of rotatable bonds is 3. The second-order valence-corrected chi connectivity index (χ2v) is 6.75. The van der Waals surface area contributed by atoms with E-state index in [4.69, 9.17) is 27.9 Å². The Kier molecular flexibility index (Phi) is 5.02. The molecule has 0 radical (unpaired) electrons. The molecular weight excluding hydrogens is 361 g/mol. The first kappa shape index (κ1) is 17.8. The molecule has 0 saturated heterocycles. The number of ether oxygens (including phenoxy) is 1. The van der Waals surface area contributed by atoms with Crippen LogP contribution in [-0.4, -0.2) is 23.9 Å². The summed E-state index contributed by atoms with van der Waals surface area (Å²) in [6.07, 6.45) is 0.115. The van der Waals surface area contributed by atoms with Crippen molar-refractivity contribution in [3.63, 3.8) is 0 Å². The lowest BCUT2D eigenvalue weighted by Gasteiger charge is -2.22. The molecule has 2 aromatic rings. The molecule has 3 rings (SSSR count). The zero-order valence-corrected chi connectivity index (χ0v) is 15.4. The maximum absolute atomic E-state index is 12.8. The fourth-order valence-electron chi connectivity index (χ4n) is 3.21. The van der Waals surface area contributed by atoms with Crippen molar-refractivity contribution in [2.75, 3.05) is 7.11 Å². The molecule has 0 N–H and O–H groups in total. The normalized spacial score (nSPS) is 15.8.